The van der Waals surface area contributed by atoms with Crippen molar-refractivity contribution in [3.8, 4) is 33.8 Å². The molecule has 0 radical (unpaired) electrons. The standard InChI is InChI=1S/C58H70N16O16S3/c1-55(2)45(65-47(75)43(37-29-91-53(61)63-37)67-87-57(5,51(79)80)41-17-13-33-23-31(11-15-39(33)85-41)35-25-69(7)71(27-35)21-9-19-59)49(77)73(55)89-93(83,84)90-74-50(78)46(56(74,3)4)66-48(76)44(38-30-92-54(62)64-38)68-88-58(6,52(81)82)42-18-14-34-24-32(12-16-40(34)86-42)36-26-70(8)72(28-36)22-10-20-60/h11-12,15-16,23-30,41-42,45-46H,9-10,13-14,17-22,59-60H2,1-8H3,(H6-2,61,62,63,64,65,66,75,76,79,80,81,82)/p+2/b67-43-,68-44-/t41-,42-,45+,46+,57+,58+/m0/s1. The van der Waals surface area contributed by atoms with E-state index in [1.54, 1.807) is 12.1 Å². The first kappa shape index (κ1) is 66.8. The Hall–Kier alpha value is -9.13. The maximum atomic E-state index is 14.2. The zero-order valence-electron chi connectivity index (χ0n) is 51.9. The van der Waals surface area contributed by atoms with E-state index in [1.807, 2.05) is 81.9 Å². The van der Waals surface area contributed by atoms with Crippen molar-refractivity contribution in [2.75, 3.05) is 24.6 Å². The number of benzene rings is 2. The smallest absolute Gasteiger partial charge is 0.442 e. The van der Waals surface area contributed by atoms with Crippen molar-refractivity contribution >= 4 is 90.3 Å². The maximum absolute atomic E-state index is 14.2. The van der Waals surface area contributed by atoms with E-state index in [4.69, 9.17) is 50.7 Å². The lowest BCUT2D eigenvalue weighted by Gasteiger charge is -2.52. The van der Waals surface area contributed by atoms with Crippen molar-refractivity contribution < 1.29 is 84.5 Å². The van der Waals surface area contributed by atoms with Gasteiger partial charge in [-0.05, 0) is 140 Å². The number of thiazole rings is 2. The van der Waals surface area contributed by atoms with E-state index in [-0.39, 0.29) is 34.5 Å². The minimum absolute atomic E-state index is 0.00372. The van der Waals surface area contributed by atoms with Crippen LogP contribution in [0.1, 0.15) is 89.7 Å². The Balaban J connectivity index is 0.773. The van der Waals surface area contributed by atoms with Crippen LogP contribution in [0.2, 0.25) is 0 Å². The maximum Gasteiger partial charge on any atom is 0.442 e. The number of nitrogen functional groups attached to an aromatic ring is 2. The van der Waals surface area contributed by atoms with Gasteiger partial charge < -0.3 is 62.9 Å². The number of carboxylic acids is 2. The molecule has 4 aliphatic rings. The Morgan fingerprint density at radius 2 is 1.08 bits per heavy atom. The number of aryl methyl sites for hydroxylation is 6. The number of fused-ring (bicyclic) bond motifs is 2. The van der Waals surface area contributed by atoms with E-state index in [0.717, 1.165) is 82.0 Å². The van der Waals surface area contributed by atoms with Crippen LogP contribution in [0.3, 0.4) is 0 Å². The second kappa shape index (κ2) is 25.8. The molecular formula is C58H72N16O16S3+2. The molecule has 12 N–H and O–H groups in total. The normalized spacial score (nSPS) is 20.5. The molecule has 35 heteroatoms. The molecule has 0 unspecified atom stereocenters. The van der Waals surface area contributed by atoms with Crippen LogP contribution in [0, 0.1) is 0 Å². The second-order valence-electron chi connectivity index (χ2n) is 24.1. The predicted octanol–water partition coefficient (Wildman–Crippen LogP) is 0.983. The number of nitrogens with two attached hydrogens (primary N) is 4. The highest BCUT2D eigenvalue weighted by molar-refractivity contribution is 7.81. The highest BCUT2D eigenvalue weighted by Gasteiger charge is 2.62. The van der Waals surface area contributed by atoms with Gasteiger partial charge in [-0.3, -0.25) is 19.2 Å². The number of aliphatic carboxylic acids is 2. The number of β-lactam (4-membered cyclic amide) rings is 2. The molecule has 6 aromatic rings. The summed E-state index contributed by atoms with van der Waals surface area (Å²) in [5, 5.41) is 37.6. The molecular weight excluding hydrogens is 1270 g/mol. The number of carbonyl (C=O) groups is 6. The number of carbonyl (C=O) groups excluding carboxylic acids is 4. The van der Waals surface area contributed by atoms with Crippen LogP contribution in [0.15, 0.2) is 82.3 Å². The molecule has 93 heavy (non-hydrogen) atoms. The summed E-state index contributed by atoms with van der Waals surface area (Å²) < 4.78 is 57.9. The van der Waals surface area contributed by atoms with E-state index < -0.39 is 104 Å². The number of rotatable bonds is 26. The first-order valence-electron chi connectivity index (χ1n) is 29.4. The number of hydrogen-bond acceptors (Lipinski definition) is 24. The van der Waals surface area contributed by atoms with Crippen molar-refractivity contribution in [2.24, 2.45) is 35.9 Å². The van der Waals surface area contributed by atoms with E-state index in [9.17, 15) is 47.4 Å². The molecule has 0 spiro atoms. The third-order valence-electron chi connectivity index (χ3n) is 16.8. The Bertz CT molecular complexity index is 3870. The summed E-state index contributed by atoms with van der Waals surface area (Å²) in [7, 11) is -1.52. The molecule has 0 aliphatic carbocycles. The molecule has 2 fully saturated rings. The molecule has 0 saturated carbocycles. The average Bonchev–Trinajstić information content (AvgIpc) is 1.33. The highest BCUT2D eigenvalue weighted by Crippen LogP contribution is 2.40. The molecule has 32 nitrogen and oxygen atoms in total. The number of hydroxylamine groups is 4. The quantitative estimate of drug-likeness (QED) is 0.0162. The fourth-order valence-electron chi connectivity index (χ4n) is 11.1. The Morgan fingerprint density at radius 1 is 0.688 bits per heavy atom. The first-order valence-corrected chi connectivity index (χ1v) is 32.5. The van der Waals surface area contributed by atoms with Gasteiger partial charge in [0.15, 0.2) is 48.0 Å². The van der Waals surface area contributed by atoms with Crippen LogP contribution in [0.25, 0.3) is 22.3 Å². The molecule has 10 rings (SSSR count). The third-order valence-corrected chi connectivity index (χ3v) is 18.8. The largest absolute Gasteiger partial charge is 0.485 e. The van der Waals surface area contributed by atoms with Gasteiger partial charge in [-0.2, -0.15) is 27.9 Å². The fraction of sp³-hybridized carbons (Fsp3) is 0.448. The topological polar surface area (TPSA) is 435 Å². The monoisotopic (exact) mass is 1340 g/mol. The van der Waals surface area contributed by atoms with E-state index in [2.05, 4.69) is 30.9 Å². The van der Waals surface area contributed by atoms with Crippen molar-refractivity contribution in [3.05, 3.63) is 94.5 Å². The van der Waals surface area contributed by atoms with Gasteiger partial charge in [0.2, 0.25) is 12.4 Å². The number of nitrogens with zero attached hydrogens (tertiary/aromatic N) is 10. The number of carboxylic acid groups (broad SMARTS) is 2. The number of hydrogen-bond donors (Lipinski definition) is 8. The minimum Gasteiger partial charge on any atom is -0.485 e. The van der Waals surface area contributed by atoms with Gasteiger partial charge >= 0.3 is 22.3 Å². The SMILES string of the molecule is C[n+]1cc(-c2ccc3c(c2)CC[C@@H]([C@@](C)(O/N=C(\C(=O)N[C@@H]2C(=O)N(OS(=O)(=O)ON4C(=O)[C@@H](NC(=O)/C(=N\O[C@@](C)(C(=O)O)[C@@H]5CCc6cc(-c7cn(CCCN)[n+](C)c7)ccc6O5)c5csc(N)n5)C4(C)C)C2(C)C)c2csc(N)n2)C(=O)O)O3)cn1CCCN. The number of anilines is 2. The van der Waals surface area contributed by atoms with Crippen LogP contribution in [-0.2, 0) is 97.4 Å². The van der Waals surface area contributed by atoms with Crippen molar-refractivity contribution in [3.63, 3.8) is 0 Å². The summed E-state index contributed by atoms with van der Waals surface area (Å²) in [5.41, 5.74) is 19.4. The van der Waals surface area contributed by atoms with E-state index in [0.29, 0.717) is 47.6 Å². The van der Waals surface area contributed by atoms with Gasteiger partial charge in [0, 0.05) is 10.8 Å². The van der Waals surface area contributed by atoms with Crippen molar-refractivity contribution in [2.45, 2.75) is 140 Å². The molecule has 496 valence electrons. The van der Waals surface area contributed by atoms with Crippen LogP contribution in [0.4, 0.5) is 10.3 Å². The summed E-state index contributed by atoms with van der Waals surface area (Å²) in [4.78, 5) is 102. The number of aromatic nitrogens is 6. The molecule has 4 aliphatic heterocycles. The summed E-state index contributed by atoms with van der Waals surface area (Å²) in [5.74, 6) is -6.60. The molecule has 6 atom stereocenters. The van der Waals surface area contributed by atoms with Gasteiger partial charge in [0.05, 0.1) is 47.7 Å². The van der Waals surface area contributed by atoms with Gasteiger partial charge in [0.25, 0.3) is 34.8 Å². The number of nitrogens with one attached hydrogen (secondary N) is 2. The Morgan fingerprint density at radius 3 is 1.41 bits per heavy atom. The zero-order valence-corrected chi connectivity index (χ0v) is 54.4. The summed E-state index contributed by atoms with van der Waals surface area (Å²) in [6, 6.07) is 8.05. The number of oxime groups is 2. The lowest BCUT2D eigenvalue weighted by atomic mass is 9.84. The molecule has 2 aromatic carbocycles. The second-order valence-corrected chi connectivity index (χ2v) is 27.0. The fourth-order valence-corrected chi connectivity index (χ4v) is 13.1. The van der Waals surface area contributed by atoms with Crippen molar-refractivity contribution in [1.82, 2.24) is 40.1 Å². The lowest BCUT2D eigenvalue weighted by Crippen LogP contribution is -2.78. The molecule has 0 bridgehead atoms. The highest BCUT2D eigenvalue weighted by atomic mass is 32.3. The first-order chi connectivity index (χ1) is 43.9. The predicted molar refractivity (Wildman–Crippen MR) is 332 cm³/mol. The third kappa shape index (κ3) is 13.2. The van der Waals surface area contributed by atoms with E-state index in [1.165, 1.54) is 52.3 Å². The van der Waals surface area contributed by atoms with E-state index >= 15 is 0 Å². The summed E-state index contributed by atoms with van der Waals surface area (Å²) in [6.45, 7) is 10.4. The zero-order chi connectivity index (χ0) is 67.3. The minimum atomic E-state index is -5.38. The molecule has 4 amide bonds. The van der Waals surface area contributed by atoms with Gasteiger partial charge in [-0.25, -0.2) is 19.6 Å². The lowest BCUT2D eigenvalue weighted by molar-refractivity contribution is -0.753. The summed E-state index contributed by atoms with van der Waals surface area (Å²) >= 11 is 1.84. The van der Waals surface area contributed by atoms with Crippen LogP contribution < -0.4 is 52.4 Å². The Kier molecular flexibility index (Phi) is 18.5. The summed E-state index contributed by atoms with van der Waals surface area (Å²) in [6.07, 6.45) is 8.45. The van der Waals surface area contributed by atoms with Crippen molar-refractivity contribution in [1.29, 1.82) is 0 Å². The van der Waals surface area contributed by atoms with Gasteiger partial charge in [0.1, 0.15) is 35.0 Å². The van der Waals surface area contributed by atoms with Crippen LogP contribution in [-0.4, -0.2) is 155 Å². The van der Waals surface area contributed by atoms with Crippen LogP contribution >= 0.6 is 22.7 Å². The number of amides is 4. The van der Waals surface area contributed by atoms with Crippen LogP contribution in [0.5, 0.6) is 11.5 Å². The Labute approximate surface area is 540 Å². The molecule has 2 saturated heterocycles. The number of ether oxygens (including phenoxy) is 2. The average molecular weight is 1350 g/mol. The van der Waals surface area contributed by atoms with Gasteiger partial charge in [-0.15, -0.1) is 40.6 Å². The molecule has 4 aromatic heterocycles. The van der Waals surface area contributed by atoms with Gasteiger partial charge in [-0.1, -0.05) is 22.4 Å². The molecule has 8 heterocycles.